The van der Waals surface area contributed by atoms with Gasteiger partial charge in [-0.15, -0.1) is 0 Å². The number of benzene rings is 1. The van der Waals surface area contributed by atoms with Crippen molar-refractivity contribution < 1.29 is 19.4 Å². The van der Waals surface area contributed by atoms with Crippen molar-refractivity contribution in [2.24, 2.45) is 0 Å². The Labute approximate surface area is 153 Å². The number of rotatable bonds is 6. The molecule has 2 unspecified atom stereocenters. The lowest BCUT2D eigenvalue weighted by Gasteiger charge is -2.32. The summed E-state index contributed by atoms with van der Waals surface area (Å²) in [4.78, 5) is 18.5. The summed E-state index contributed by atoms with van der Waals surface area (Å²) in [6, 6.07) is 10.6. The molecule has 2 atom stereocenters. The Morgan fingerprint density at radius 3 is 2.65 bits per heavy atom. The third-order valence-electron chi connectivity index (χ3n) is 4.83. The van der Waals surface area contributed by atoms with Gasteiger partial charge in [-0.2, -0.15) is 0 Å². The molecule has 0 amide bonds. The van der Waals surface area contributed by atoms with E-state index in [0.717, 1.165) is 23.4 Å². The summed E-state index contributed by atoms with van der Waals surface area (Å²) in [5.41, 5.74) is 2.56. The third kappa shape index (κ3) is 3.37. The lowest BCUT2D eigenvalue weighted by atomic mass is 9.98. The van der Waals surface area contributed by atoms with Gasteiger partial charge in [0.1, 0.15) is 6.04 Å². The number of para-hydroxylation sites is 1. The van der Waals surface area contributed by atoms with Crippen molar-refractivity contribution >= 4 is 5.97 Å². The average Bonchev–Trinajstić information content (AvgIpc) is 3.11. The van der Waals surface area contributed by atoms with Crippen LogP contribution in [-0.2, 0) is 4.79 Å². The number of carboxylic acid groups (broad SMARTS) is 1. The maximum atomic E-state index is 11.8. The van der Waals surface area contributed by atoms with Crippen LogP contribution < -0.4 is 9.47 Å². The number of methoxy groups -OCH3 is 2. The number of likely N-dealkylation sites (tertiary alicyclic amines) is 1. The van der Waals surface area contributed by atoms with Crippen molar-refractivity contribution in [3.63, 3.8) is 0 Å². The molecule has 0 spiro atoms. The second-order valence-corrected chi connectivity index (χ2v) is 6.42. The summed E-state index contributed by atoms with van der Waals surface area (Å²) in [6.07, 6.45) is 1.47. The van der Waals surface area contributed by atoms with Crippen LogP contribution in [0.2, 0.25) is 0 Å². The van der Waals surface area contributed by atoms with Crippen molar-refractivity contribution in [1.82, 2.24) is 9.88 Å². The second-order valence-electron chi connectivity index (χ2n) is 6.42. The zero-order valence-corrected chi connectivity index (χ0v) is 15.3. The number of hydrogen-bond donors (Lipinski definition) is 1. The Hall–Kier alpha value is -2.60. The van der Waals surface area contributed by atoms with Gasteiger partial charge in [-0.05, 0) is 38.0 Å². The number of aryl methyl sites for hydroxylation is 1. The molecule has 2 heterocycles. The van der Waals surface area contributed by atoms with Gasteiger partial charge in [0.25, 0.3) is 0 Å². The number of nitrogens with zero attached hydrogens (tertiary/aromatic N) is 2. The minimum absolute atomic E-state index is 0.316. The summed E-state index contributed by atoms with van der Waals surface area (Å²) in [5, 5.41) is 9.69. The van der Waals surface area contributed by atoms with Crippen LogP contribution in [0.5, 0.6) is 11.5 Å². The molecule has 26 heavy (non-hydrogen) atoms. The maximum absolute atomic E-state index is 11.8. The number of aromatic nitrogens is 1. The van der Waals surface area contributed by atoms with Gasteiger partial charge in [-0.25, -0.2) is 0 Å². The smallest absolute Gasteiger partial charge is 0.320 e. The van der Waals surface area contributed by atoms with Gasteiger partial charge in [0, 0.05) is 17.8 Å². The van der Waals surface area contributed by atoms with Crippen LogP contribution >= 0.6 is 0 Å². The number of carboxylic acids is 1. The van der Waals surface area contributed by atoms with Crippen LogP contribution in [0.4, 0.5) is 0 Å². The molecular weight excluding hydrogens is 332 g/mol. The molecule has 1 aliphatic rings. The summed E-state index contributed by atoms with van der Waals surface area (Å²) in [5.74, 6) is 0.426. The summed E-state index contributed by atoms with van der Waals surface area (Å²) in [7, 11) is 3.19. The summed E-state index contributed by atoms with van der Waals surface area (Å²) >= 11 is 0. The first-order chi connectivity index (χ1) is 12.6. The first-order valence-corrected chi connectivity index (χ1v) is 8.69. The van der Waals surface area contributed by atoms with Gasteiger partial charge in [0.2, 0.25) is 0 Å². The van der Waals surface area contributed by atoms with Crippen LogP contribution in [0, 0.1) is 6.92 Å². The number of ether oxygens (including phenoxy) is 2. The third-order valence-corrected chi connectivity index (χ3v) is 4.83. The van der Waals surface area contributed by atoms with E-state index in [0.29, 0.717) is 24.5 Å². The number of carbonyl (C=O) groups is 1. The topological polar surface area (TPSA) is 71.9 Å². The molecule has 0 aliphatic carbocycles. The van der Waals surface area contributed by atoms with Crippen molar-refractivity contribution in [2.75, 3.05) is 20.8 Å². The Kier molecular flexibility index (Phi) is 5.42. The molecule has 3 rings (SSSR count). The summed E-state index contributed by atoms with van der Waals surface area (Å²) < 4.78 is 11.1. The SMILES string of the molecule is COc1cccc(C(c2cccc(C)n2)N2CCCC2C(=O)O)c1OC. The average molecular weight is 356 g/mol. The van der Waals surface area contributed by atoms with Gasteiger partial charge in [-0.3, -0.25) is 14.7 Å². The van der Waals surface area contributed by atoms with E-state index in [-0.39, 0.29) is 6.04 Å². The van der Waals surface area contributed by atoms with E-state index < -0.39 is 12.0 Å². The lowest BCUT2D eigenvalue weighted by Crippen LogP contribution is -2.39. The van der Waals surface area contributed by atoms with Crippen molar-refractivity contribution in [3.05, 3.63) is 53.3 Å². The van der Waals surface area contributed by atoms with Crippen LogP contribution in [0.3, 0.4) is 0 Å². The van der Waals surface area contributed by atoms with Crippen LogP contribution in [0.15, 0.2) is 36.4 Å². The van der Waals surface area contributed by atoms with Crippen molar-refractivity contribution in [2.45, 2.75) is 31.8 Å². The largest absolute Gasteiger partial charge is 0.493 e. The molecule has 1 aromatic carbocycles. The Bertz CT molecular complexity index is 793. The fourth-order valence-corrected chi connectivity index (χ4v) is 3.71. The van der Waals surface area contributed by atoms with Crippen LogP contribution in [-0.4, -0.2) is 47.8 Å². The molecule has 1 aromatic heterocycles. The number of pyridine rings is 1. The molecule has 1 N–H and O–H groups in total. The highest BCUT2D eigenvalue weighted by Gasteiger charge is 2.39. The highest BCUT2D eigenvalue weighted by molar-refractivity contribution is 5.74. The molecule has 138 valence electrons. The molecule has 0 radical (unpaired) electrons. The number of aliphatic carboxylic acids is 1. The van der Waals surface area contributed by atoms with E-state index in [1.54, 1.807) is 14.2 Å². The first kappa shape index (κ1) is 18.2. The maximum Gasteiger partial charge on any atom is 0.320 e. The van der Waals surface area contributed by atoms with E-state index >= 15 is 0 Å². The predicted octanol–water partition coefficient (Wildman–Crippen LogP) is 3.05. The quantitative estimate of drug-likeness (QED) is 0.858. The van der Waals surface area contributed by atoms with Gasteiger partial charge in [0.05, 0.1) is 26.0 Å². The van der Waals surface area contributed by atoms with Gasteiger partial charge >= 0.3 is 5.97 Å². The van der Waals surface area contributed by atoms with E-state index in [1.165, 1.54) is 0 Å². The van der Waals surface area contributed by atoms with Crippen molar-refractivity contribution in [3.8, 4) is 11.5 Å². The Morgan fingerprint density at radius 1 is 1.23 bits per heavy atom. The molecule has 6 heteroatoms. The Balaban J connectivity index is 2.17. The van der Waals surface area contributed by atoms with Gasteiger partial charge in [0.15, 0.2) is 11.5 Å². The van der Waals surface area contributed by atoms with Crippen LogP contribution in [0.1, 0.15) is 35.8 Å². The molecule has 2 aromatic rings. The molecular formula is C20H24N2O4. The minimum Gasteiger partial charge on any atom is -0.493 e. The monoisotopic (exact) mass is 356 g/mol. The van der Waals surface area contributed by atoms with E-state index in [9.17, 15) is 9.90 Å². The van der Waals surface area contributed by atoms with E-state index in [1.807, 2.05) is 48.2 Å². The predicted molar refractivity (Wildman–Crippen MR) is 97.7 cm³/mol. The fraction of sp³-hybridized carbons (Fsp3) is 0.400. The van der Waals surface area contributed by atoms with E-state index in [2.05, 4.69) is 4.98 Å². The highest BCUT2D eigenvalue weighted by Crippen LogP contribution is 2.42. The lowest BCUT2D eigenvalue weighted by molar-refractivity contribution is -0.142. The molecule has 6 nitrogen and oxygen atoms in total. The van der Waals surface area contributed by atoms with Crippen LogP contribution in [0.25, 0.3) is 0 Å². The number of hydrogen-bond acceptors (Lipinski definition) is 5. The van der Waals surface area contributed by atoms with Crippen molar-refractivity contribution in [1.29, 1.82) is 0 Å². The Morgan fingerprint density at radius 2 is 2.00 bits per heavy atom. The normalized spacial score (nSPS) is 18.5. The van der Waals surface area contributed by atoms with E-state index in [4.69, 9.17) is 9.47 Å². The zero-order chi connectivity index (χ0) is 18.7. The first-order valence-electron chi connectivity index (χ1n) is 8.69. The molecule has 1 saturated heterocycles. The molecule has 1 aliphatic heterocycles. The second kappa shape index (κ2) is 7.74. The minimum atomic E-state index is -0.804. The zero-order valence-electron chi connectivity index (χ0n) is 15.3. The van der Waals surface area contributed by atoms with Gasteiger partial charge < -0.3 is 14.6 Å². The fourth-order valence-electron chi connectivity index (χ4n) is 3.71. The standard InChI is InChI=1S/C20H24N2O4/c1-13-7-4-9-15(21-13)18(22-12-6-10-16(22)20(23)24)14-8-5-11-17(25-2)19(14)26-3/h4-5,7-9,11,16,18H,6,10,12H2,1-3H3,(H,23,24). The molecule has 1 fully saturated rings. The van der Waals surface area contributed by atoms with Gasteiger partial charge in [-0.1, -0.05) is 18.2 Å². The molecule has 0 bridgehead atoms. The molecule has 0 saturated carbocycles. The summed E-state index contributed by atoms with van der Waals surface area (Å²) in [6.45, 7) is 2.62. The highest BCUT2D eigenvalue weighted by atomic mass is 16.5.